The molecule has 15 heavy (non-hydrogen) atoms. The molecule has 0 saturated heterocycles. The second-order valence-corrected chi connectivity index (χ2v) is 4.62. The average molecular weight is 239 g/mol. The van der Waals surface area contributed by atoms with Gasteiger partial charge in [-0.15, -0.1) is 0 Å². The first-order valence-corrected chi connectivity index (χ1v) is 5.88. The van der Waals surface area contributed by atoms with E-state index in [0.717, 1.165) is 0 Å². The van der Waals surface area contributed by atoms with E-state index in [2.05, 4.69) is 0 Å². The van der Waals surface area contributed by atoms with Gasteiger partial charge in [0.1, 0.15) is 6.29 Å². The summed E-state index contributed by atoms with van der Waals surface area (Å²) in [6.07, 6.45) is -0.775. The van der Waals surface area contributed by atoms with Crippen LogP contribution in [0.1, 0.15) is 12.8 Å². The zero-order chi connectivity index (χ0) is 12.1. The maximum absolute atomic E-state index is 11.1. The Kier molecular flexibility index (Phi) is 5.45. The van der Waals surface area contributed by atoms with Gasteiger partial charge in [-0.2, -0.15) is 0 Å². The topological polar surface area (TPSA) is 156 Å². The Morgan fingerprint density at radius 2 is 1.93 bits per heavy atom. The molecule has 0 fully saturated rings. The lowest BCUT2D eigenvalue weighted by Crippen LogP contribution is -2.41. The minimum Gasteiger partial charge on any atom is -0.370 e. The van der Waals surface area contributed by atoms with Gasteiger partial charge in [0.25, 0.3) is 0 Å². The van der Waals surface area contributed by atoms with E-state index in [0.29, 0.717) is 0 Å². The van der Waals surface area contributed by atoms with Crippen molar-refractivity contribution in [3.63, 3.8) is 0 Å². The van der Waals surface area contributed by atoms with E-state index in [1.54, 1.807) is 0 Å². The smallest absolute Gasteiger partial charge is 0.344 e. The van der Waals surface area contributed by atoms with Crippen molar-refractivity contribution in [3.8, 4) is 0 Å². The van der Waals surface area contributed by atoms with Crippen molar-refractivity contribution >= 4 is 19.4 Å². The number of carbonyl (C=O) groups is 2. The fraction of sp³-hybridized carbons (Fsp3) is 0.667. The molecule has 0 spiro atoms. The summed E-state index contributed by atoms with van der Waals surface area (Å²) in [4.78, 5) is 38.3. The summed E-state index contributed by atoms with van der Waals surface area (Å²) in [5.41, 5.74) is 10.2. The molecule has 1 unspecified atom stereocenters. The molecule has 0 aromatic carbocycles. The van der Waals surface area contributed by atoms with Crippen LogP contribution in [0.3, 0.4) is 0 Å². The Balaban J connectivity index is 3.89. The quantitative estimate of drug-likeness (QED) is 0.332. The Morgan fingerprint density at radius 3 is 2.33 bits per heavy atom. The van der Waals surface area contributed by atoms with Crippen molar-refractivity contribution in [1.29, 1.82) is 0 Å². The van der Waals surface area contributed by atoms with Gasteiger partial charge in [-0.25, -0.2) is 0 Å². The van der Waals surface area contributed by atoms with E-state index in [4.69, 9.17) is 21.3 Å². The van der Waals surface area contributed by atoms with Crippen LogP contribution in [-0.2, 0) is 14.2 Å². The Morgan fingerprint density at radius 1 is 1.40 bits per heavy atom. The Hall–Kier alpha value is -0.950. The molecule has 0 rings (SSSR count). The van der Waals surface area contributed by atoms with Gasteiger partial charge in [0, 0.05) is 6.42 Å². The number of hydrogen-bond acceptors (Lipinski definition) is 4. The van der Waals surface area contributed by atoms with Crippen molar-refractivity contribution < 1.29 is 23.9 Å². The zero-order valence-corrected chi connectivity index (χ0v) is 8.81. The molecule has 0 saturated carbocycles. The molecule has 0 aromatic rings. The lowest BCUT2D eigenvalue weighted by Gasteiger charge is -2.11. The first-order valence-electron chi connectivity index (χ1n) is 4.08. The van der Waals surface area contributed by atoms with Crippen molar-refractivity contribution in [3.05, 3.63) is 0 Å². The summed E-state index contributed by atoms with van der Waals surface area (Å²) >= 11 is 0. The molecule has 0 radical (unpaired) electrons. The molecule has 0 aromatic heterocycles. The number of nitrogens with one attached hydrogen (secondary N) is 1. The van der Waals surface area contributed by atoms with Crippen molar-refractivity contribution in [2.75, 3.05) is 6.29 Å². The van der Waals surface area contributed by atoms with Crippen molar-refractivity contribution in [2.24, 2.45) is 11.5 Å². The highest BCUT2D eigenvalue weighted by Crippen LogP contribution is 2.31. The minimum atomic E-state index is -4.28. The standard InChI is InChI=1S/C6H14N3O5P/c7-4(1-2-5(8)10)6(11)9-3-15(12,13)14/h4H,1-3,7H2,(H2,8,10)(H,9,11)(H2,12,13,14). The second-order valence-electron chi connectivity index (χ2n) is 2.98. The van der Waals surface area contributed by atoms with E-state index >= 15 is 0 Å². The largest absolute Gasteiger partial charge is 0.370 e. The number of hydrogen-bond donors (Lipinski definition) is 5. The van der Waals surface area contributed by atoms with E-state index in [-0.39, 0.29) is 12.8 Å². The fourth-order valence-corrected chi connectivity index (χ4v) is 1.10. The highest BCUT2D eigenvalue weighted by atomic mass is 31.2. The fourth-order valence-electron chi connectivity index (χ4n) is 0.741. The lowest BCUT2D eigenvalue weighted by molar-refractivity contribution is -0.122. The Labute approximate surface area is 86.2 Å². The summed E-state index contributed by atoms with van der Waals surface area (Å²) < 4.78 is 10.4. The van der Waals surface area contributed by atoms with Crippen LogP contribution in [0.25, 0.3) is 0 Å². The average Bonchev–Trinajstić information content (AvgIpc) is 2.08. The molecule has 2 amide bonds. The van der Waals surface area contributed by atoms with Gasteiger partial charge >= 0.3 is 7.60 Å². The van der Waals surface area contributed by atoms with Crippen LogP contribution in [0.15, 0.2) is 0 Å². The SMILES string of the molecule is NC(=O)CCC(N)C(=O)NCP(=O)(O)O. The van der Waals surface area contributed by atoms with Crippen LogP contribution in [0.4, 0.5) is 0 Å². The predicted octanol–water partition coefficient (Wildman–Crippen LogP) is -2.17. The highest BCUT2D eigenvalue weighted by Gasteiger charge is 2.18. The molecule has 88 valence electrons. The molecular formula is C6H14N3O5P. The summed E-state index contributed by atoms with van der Waals surface area (Å²) in [6, 6.07) is -0.996. The minimum absolute atomic E-state index is 0.0440. The van der Waals surface area contributed by atoms with Gasteiger partial charge in [-0.1, -0.05) is 0 Å². The summed E-state index contributed by atoms with van der Waals surface area (Å²) in [5.74, 6) is -1.31. The number of primary amides is 1. The highest BCUT2D eigenvalue weighted by molar-refractivity contribution is 7.51. The summed E-state index contributed by atoms with van der Waals surface area (Å²) in [5, 5.41) is 1.97. The van der Waals surface area contributed by atoms with Crippen LogP contribution in [0, 0.1) is 0 Å². The van der Waals surface area contributed by atoms with Crippen LogP contribution in [-0.4, -0.2) is 33.9 Å². The number of carbonyl (C=O) groups excluding carboxylic acids is 2. The van der Waals surface area contributed by atoms with Gasteiger partial charge in [-0.05, 0) is 6.42 Å². The normalized spacial score (nSPS) is 13.3. The molecule has 9 heteroatoms. The van der Waals surface area contributed by atoms with Crippen molar-refractivity contribution in [1.82, 2.24) is 5.32 Å². The first kappa shape index (κ1) is 14.1. The van der Waals surface area contributed by atoms with Crippen LogP contribution >= 0.6 is 7.60 Å². The number of rotatable bonds is 6. The lowest BCUT2D eigenvalue weighted by atomic mass is 10.1. The third-order valence-electron chi connectivity index (χ3n) is 1.50. The Bertz CT molecular complexity index is 288. The number of nitrogens with two attached hydrogens (primary N) is 2. The maximum Gasteiger partial charge on any atom is 0.344 e. The summed E-state index contributed by atoms with van der Waals surface area (Å²) in [6.45, 7) is 0. The molecule has 8 nitrogen and oxygen atoms in total. The van der Waals surface area contributed by atoms with Gasteiger partial charge in [0.05, 0.1) is 6.04 Å². The molecule has 1 atom stereocenters. The van der Waals surface area contributed by atoms with Gasteiger partial charge in [0.2, 0.25) is 11.8 Å². The molecule has 0 heterocycles. The molecule has 0 bridgehead atoms. The van der Waals surface area contributed by atoms with Crippen LogP contribution < -0.4 is 16.8 Å². The number of amides is 2. The molecule has 0 aliphatic carbocycles. The van der Waals surface area contributed by atoms with Gasteiger partial charge in [-0.3, -0.25) is 14.2 Å². The van der Waals surface area contributed by atoms with E-state index in [1.165, 1.54) is 0 Å². The van der Waals surface area contributed by atoms with E-state index in [1.807, 2.05) is 5.32 Å². The molecular weight excluding hydrogens is 225 g/mol. The van der Waals surface area contributed by atoms with Crippen LogP contribution in [0.5, 0.6) is 0 Å². The zero-order valence-electron chi connectivity index (χ0n) is 7.92. The molecule has 7 N–H and O–H groups in total. The maximum atomic E-state index is 11.1. The van der Waals surface area contributed by atoms with Crippen LogP contribution in [0.2, 0.25) is 0 Å². The summed E-state index contributed by atoms with van der Waals surface area (Å²) in [7, 11) is -4.28. The third kappa shape index (κ3) is 8.07. The third-order valence-corrected chi connectivity index (χ3v) is 2.07. The van der Waals surface area contributed by atoms with E-state index < -0.39 is 31.7 Å². The molecule has 0 aliphatic heterocycles. The first-order chi connectivity index (χ1) is 6.72. The molecule has 0 aliphatic rings. The van der Waals surface area contributed by atoms with Crippen molar-refractivity contribution in [2.45, 2.75) is 18.9 Å². The monoisotopic (exact) mass is 239 g/mol. The predicted molar refractivity (Wildman–Crippen MR) is 51.5 cm³/mol. The van der Waals surface area contributed by atoms with Gasteiger partial charge in [0.15, 0.2) is 0 Å². The van der Waals surface area contributed by atoms with Gasteiger partial charge < -0.3 is 26.6 Å². The van der Waals surface area contributed by atoms with E-state index in [9.17, 15) is 14.2 Å². The second kappa shape index (κ2) is 5.82.